The Morgan fingerprint density at radius 3 is 1.73 bits per heavy atom. The summed E-state index contributed by atoms with van der Waals surface area (Å²) >= 11 is 0. The van der Waals surface area contributed by atoms with Gasteiger partial charge in [-0.1, -0.05) is 81.4 Å². The summed E-state index contributed by atoms with van der Waals surface area (Å²) in [5.41, 5.74) is 1.81. The molecule has 2 aromatic rings. The molecular weight excluding hydrogens is 344 g/mol. The van der Waals surface area contributed by atoms with Crippen molar-refractivity contribution >= 4 is 21.5 Å². The molecule has 0 bridgehead atoms. The minimum atomic E-state index is -1.18. The minimum absolute atomic E-state index is 0.0114. The number of carboxylic acids is 1. The molecule has 2 aromatic carbocycles. The van der Waals surface area contributed by atoms with E-state index in [1.54, 1.807) is 0 Å². The standard InChI is InChI=1S/C21H24O4Si/c1-20(2,3)26-21(16-10-6-4-7-11-16,17-12-8-5-9-13-17)25-19(24)15-14-18(22)23/h4-15H,26H2,1-3H3,(H,22,23)/b15-14+. The van der Waals surface area contributed by atoms with Crippen LogP contribution in [0, 0.1) is 0 Å². The van der Waals surface area contributed by atoms with E-state index >= 15 is 0 Å². The van der Waals surface area contributed by atoms with Crippen LogP contribution in [0.25, 0.3) is 0 Å². The number of esters is 1. The monoisotopic (exact) mass is 368 g/mol. The summed E-state index contributed by atoms with van der Waals surface area (Å²) in [5.74, 6) is -1.84. The molecule has 136 valence electrons. The number of aliphatic carboxylic acids is 1. The molecule has 0 amide bonds. The molecule has 0 saturated heterocycles. The van der Waals surface area contributed by atoms with Gasteiger partial charge in [-0.05, 0) is 16.2 Å². The van der Waals surface area contributed by atoms with Crippen LogP contribution in [0.1, 0.15) is 31.9 Å². The van der Waals surface area contributed by atoms with Crippen LogP contribution in [-0.4, -0.2) is 26.6 Å². The van der Waals surface area contributed by atoms with Crippen molar-refractivity contribution in [3.05, 3.63) is 83.9 Å². The van der Waals surface area contributed by atoms with E-state index in [0.717, 1.165) is 23.3 Å². The van der Waals surface area contributed by atoms with E-state index in [1.807, 2.05) is 60.7 Å². The molecule has 0 spiro atoms. The highest BCUT2D eigenvalue weighted by Crippen LogP contribution is 2.40. The second-order valence-electron chi connectivity index (χ2n) is 7.39. The maximum atomic E-state index is 12.4. The van der Waals surface area contributed by atoms with E-state index in [1.165, 1.54) is 0 Å². The molecule has 0 saturated carbocycles. The van der Waals surface area contributed by atoms with Gasteiger partial charge in [0.05, 0.1) is 9.52 Å². The Bertz CT molecular complexity index is 737. The molecule has 0 aromatic heterocycles. The van der Waals surface area contributed by atoms with E-state index in [9.17, 15) is 9.59 Å². The molecule has 5 heteroatoms. The summed E-state index contributed by atoms with van der Waals surface area (Å²) in [4.78, 5) is 23.2. The van der Waals surface area contributed by atoms with E-state index in [2.05, 4.69) is 20.8 Å². The van der Waals surface area contributed by atoms with Crippen molar-refractivity contribution in [2.45, 2.75) is 31.0 Å². The van der Waals surface area contributed by atoms with Gasteiger partial charge in [0.25, 0.3) is 0 Å². The van der Waals surface area contributed by atoms with Crippen molar-refractivity contribution in [3.63, 3.8) is 0 Å². The van der Waals surface area contributed by atoms with Crippen LogP contribution in [0.15, 0.2) is 72.8 Å². The van der Waals surface area contributed by atoms with Crippen LogP contribution in [0.4, 0.5) is 0 Å². The third-order valence-corrected chi connectivity index (χ3v) is 6.42. The van der Waals surface area contributed by atoms with Gasteiger partial charge in [0, 0.05) is 12.2 Å². The Morgan fingerprint density at radius 2 is 1.35 bits per heavy atom. The van der Waals surface area contributed by atoms with E-state index in [-0.39, 0.29) is 5.04 Å². The van der Waals surface area contributed by atoms with Gasteiger partial charge in [0.15, 0.2) is 0 Å². The third-order valence-electron chi connectivity index (χ3n) is 3.90. The number of rotatable bonds is 6. The van der Waals surface area contributed by atoms with E-state index in [4.69, 9.17) is 9.84 Å². The number of hydrogen-bond donors (Lipinski definition) is 1. The van der Waals surface area contributed by atoms with Crippen LogP contribution in [0.3, 0.4) is 0 Å². The first kappa shape index (κ1) is 19.7. The molecule has 0 fully saturated rings. The Kier molecular flexibility index (Phi) is 6.16. The van der Waals surface area contributed by atoms with Crippen molar-refractivity contribution in [2.75, 3.05) is 0 Å². The molecule has 0 aliphatic heterocycles. The summed E-state index contributed by atoms with van der Waals surface area (Å²) < 4.78 is 6.01. The van der Waals surface area contributed by atoms with Gasteiger partial charge >= 0.3 is 11.9 Å². The highest BCUT2D eigenvalue weighted by atomic mass is 28.2. The van der Waals surface area contributed by atoms with Crippen LogP contribution in [0.2, 0.25) is 5.04 Å². The summed E-state index contributed by atoms with van der Waals surface area (Å²) in [6.45, 7) is 6.42. The SMILES string of the molecule is CC(C)(C)[SiH2]C(OC(=O)/C=C/C(=O)O)(c1ccccc1)c1ccccc1. The van der Waals surface area contributed by atoms with Crippen LogP contribution < -0.4 is 0 Å². The molecule has 2 rings (SSSR count). The Labute approximate surface area is 156 Å². The zero-order valence-corrected chi connectivity index (χ0v) is 16.7. The molecule has 0 aliphatic carbocycles. The van der Waals surface area contributed by atoms with Gasteiger partial charge < -0.3 is 9.84 Å². The summed E-state index contributed by atoms with van der Waals surface area (Å²) in [5, 5.41) is 7.91. The van der Waals surface area contributed by atoms with Gasteiger partial charge in [-0.3, -0.25) is 0 Å². The number of carbonyl (C=O) groups is 2. The number of benzene rings is 2. The topological polar surface area (TPSA) is 63.6 Å². The zero-order valence-electron chi connectivity index (χ0n) is 15.3. The largest absolute Gasteiger partial charge is 0.478 e. The average molecular weight is 369 g/mol. The molecule has 26 heavy (non-hydrogen) atoms. The fourth-order valence-electron chi connectivity index (χ4n) is 3.03. The highest BCUT2D eigenvalue weighted by Gasteiger charge is 2.41. The average Bonchev–Trinajstić information content (AvgIpc) is 2.60. The lowest BCUT2D eigenvalue weighted by atomic mass is 10.00. The molecule has 4 nitrogen and oxygen atoms in total. The van der Waals surface area contributed by atoms with Crippen LogP contribution >= 0.6 is 0 Å². The van der Waals surface area contributed by atoms with E-state index in [0.29, 0.717) is 0 Å². The molecule has 0 radical (unpaired) electrons. The Morgan fingerprint density at radius 1 is 0.885 bits per heavy atom. The summed E-state index contributed by atoms with van der Waals surface area (Å²) in [6, 6.07) is 19.4. The first-order chi connectivity index (χ1) is 12.2. The van der Waals surface area contributed by atoms with Gasteiger partial charge in [-0.25, -0.2) is 9.59 Å². The molecule has 1 N–H and O–H groups in total. The smallest absolute Gasteiger partial charge is 0.331 e. The first-order valence-electron chi connectivity index (χ1n) is 8.48. The van der Waals surface area contributed by atoms with Crippen molar-refractivity contribution in [1.82, 2.24) is 0 Å². The molecular formula is C21H24O4Si. The minimum Gasteiger partial charge on any atom is -0.478 e. The zero-order chi connectivity index (χ0) is 19.2. The molecule has 0 aliphatic rings. The fraction of sp³-hybridized carbons (Fsp3) is 0.238. The Balaban J connectivity index is 2.60. The summed E-state index contributed by atoms with van der Waals surface area (Å²) in [6.07, 6.45) is 1.78. The predicted molar refractivity (Wildman–Crippen MR) is 105 cm³/mol. The second-order valence-corrected chi connectivity index (χ2v) is 10.9. The third kappa shape index (κ3) is 5.16. The summed E-state index contributed by atoms with van der Waals surface area (Å²) in [7, 11) is -1.04. The van der Waals surface area contributed by atoms with Gasteiger partial charge in [-0.2, -0.15) is 0 Å². The van der Waals surface area contributed by atoms with Crippen molar-refractivity contribution < 1.29 is 19.4 Å². The van der Waals surface area contributed by atoms with Gasteiger partial charge in [-0.15, -0.1) is 0 Å². The van der Waals surface area contributed by atoms with Crippen LogP contribution in [-0.2, 0) is 19.6 Å². The van der Waals surface area contributed by atoms with Gasteiger partial charge in [0.1, 0.15) is 5.22 Å². The second kappa shape index (κ2) is 8.14. The lowest BCUT2D eigenvalue weighted by molar-refractivity contribution is -0.145. The number of ether oxygens (including phenoxy) is 1. The van der Waals surface area contributed by atoms with Crippen molar-refractivity contribution in [1.29, 1.82) is 0 Å². The lowest BCUT2D eigenvalue weighted by Gasteiger charge is -2.38. The van der Waals surface area contributed by atoms with Crippen molar-refractivity contribution in [3.8, 4) is 0 Å². The Hall–Kier alpha value is -2.66. The van der Waals surface area contributed by atoms with Gasteiger partial charge in [0.2, 0.25) is 0 Å². The van der Waals surface area contributed by atoms with Crippen molar-refractivity contribution in [2.24, 2.45) is 0 Å². The van der Waals surface area contributed by atoms with Crippen LogP contribution in [0.5, 0.6) is 0 Å². The first-order valence-corrected chi connectivity index (χ1v) is 9.89. The lowest BCUT2D eigenvalue weighted by Crippen LogP contribution is -2.43. The molecule has 0 heterocycles. The maximum Gasteiger partial charge on any atom is 0.331 e. The highest BCUT2D eigenvalue weighted by molar-refractivity contribution is 6.45. The maximum absolute atomic E-state index is 12.4. The fourth-order valence-corrected chi connectivity index (χ4v) is 5.62. The normalized spacial score (nSPS) is 12.6. The quantitative estimate of drug-likeness (QED) is 0.482. The molecule has 0 unspecified atom stereocenters. The number of hydrogen-bond acceptors (Lipinski definition) is 3. The molecule has 0 atom stereocenters. The number of carboxylic acid groups (broad SMARTS) is 1. The number of carbonyl (C=O) groups excluding carboxylic acids is 1. The predicted octanol–water partition coefficient (Wildman–Crippen LogP) is 3.46. The van der Waals surface area contributed by atoms with E-state index < -0.39 is 26.7 Å².